The number of aromatic nitrogens is 4. The predicted molar refractivity (Wildman–Crippen MR) is 114 cm³/mol. The Morgan fingerprint density at radius 1 is 1.40 bits per heavy atom. The number of imidazole rings is 1. The average molecular weight is 422 g/mol. The number of unbranched alkanes of at least 4 members (excludes halogenated alkanes) is 2. The van der Waals surface area contributed by atoms with Crippen molar-refractivity contribution in [3.63, 3.8) is 0 Å². The Labute approximate surface area is 174 Å². The van der Waals surface area contributed by atoms with E-state index in [0.29, 0.717) is 18.2 Å². The minimum absolute atomic E-state index is 0.175. The molecule has 3 atom stereocenters. The second kappa shape index (κ2) is 10.5. The third kappa shape index (κ3) is 5.15. The van der Waals surface area contributed by atoms with Gasteiger partial charge in [0.15, 0.2) is 17.1 Å². The zero-order chi connectivity index (χ0) is 21.5. The fourth-order valence-corrected chi connectivity index (χ4v) is 3.23. The van der Waals surface area contributed by atoms with Gasteiger partial charge >= 0.3 is 0 Å². The number of H-pyrrole nitrogens is 1. The highest BCUT2D eigenvalue weighted by Gasteiger charge is 2.35. The molecule has 2 aromatic heterocycles. The lowest BCUT2D eigenvalue weighted by Gasteiger charge is -2.14. The lowest BCUT2D eigenvalue weighted by molar-refractivity contribution is -0.0432. The number of nitrogens with zero attached hydrogens (tertiary/aromatic N) is 4. The lowest BCUT2D eigenvalue weighted by Crippen LogP contribution is -2.33. The molecule has 0 amide bonds. The molecule has 11 nitrogen and oxygen atoms in total. The standard InChI is InChI=1S/C19H31N7O4/c1-3-5-7-20-18(21-8-6-4-2)25-19-23-16-15(17(29)24-19)22-11-26(16)14-9-12(28)13(10-27)30-14/h11-14,27-28H,3-10H2,1-2H3,(H3,20,21,23,24,25,29)/t12-,13+,14+/m0/s1. The highest BCUT2D eigenvalue weighted by molar-refractivity contribution is 5.92. The van der Waals surface area contributed by atoms with Gasteiger partial charge in [0, 0.05) is 19.5 Å². The van der Waals surface area contributed by atoms with Crippen LogP contribution in [0.15, 0.2) is 16.1 Å². The number of fused-ring (bicyclic) bond motifs is 1. The third-order valence-corrected chi connectivity index (χ3v) is 4.97. The SMILES string of the molecule is CCCCN=C(NCCCC)Nc1nc2c(ncn2[C@H]2C[C@H](O)[C@@H](CO)O2)c(=O)[nH]1. The van der Waals surface area contributed by atoms with Crippen molar-refractivity contribution >= 4 is 23.1 Å². The summed E-state index contributed by atoms with van der Waals surface area (Å²) in [6.45, 7) is 5.35. The zero-order valence-corrected chi connectivity index (χ0v) is 17.5. The number of ether oxygens (including phenoxy) is 1. The van der Waals surface area contributed by atoms with Gasteiger partial charge in [-0.2, -0.15) is 4.98 Å². The van der Waals surface area contributed by atoms with Crippen molar-refractivity contribution in [1.82, 2.24) is 24.8 Å². The fraction of sp³-hybridized carbons (Fsp3) is 0.684. The molecule has 1 aliphatic rings. The van der Waals surface area contributed by atoms with E-state index in [1.54, 1.807) is 4.57 Å². The van der Waals surface area contributed by atoms with Gasteiger partial charge in [-0.15, -0.1) is 0 Å². The number of hydrogen-bond acceptors (Lipinski definition) is 7. The van der Waals surface area contributed by atoms with Crippen molar-refractivity contribution in [2.75, 3.05) is 25.0 Å². The van der Waals surface area contributed by atoms with E-state index in [2.05, 4.69) is 44.4 Å². The van der Waals surface area contributed by atoms with Crippen LogP contribution in [0.5, 0.6) is 0 Å². The maximum absolute atomic E-state index is 12.5. The number of anilines is 1. The minimum atomic E-state index is -0.794. The highest BCUT2D eigenvalue weighted by atomic mass is 16.5. The van der Waals surface area contributed by atoms with Crippen LogP contribution >= 0.6 is 0 Å². The molecule has 11 heteroatoms. The molecule has 1 aliphatic heterocycles. The van der Waals surface area contributed by atoms with Crippen LogP contribution in [-0.2, 0) is 4.74 Å². The summed E-state index contributed by atoms with van der Waals surface area (Å²) in [5.41, 5.74) is 0.118. The molecule has 166 valence electrons. The molecule has 5 N–H and O–H groups in total. The molecule has 0 unspecified atom stereocenters. The summed E-state index contributed by atoms with van der Waals surface area (Å²) in [6, 6.07) is 0. The molecule has 1 saturated heterocycles. The molecule has 0 saturated carbocycles. The van der Waals surface area contributed by atoms with Crippen LogP contribution in [0.25, 0.3) is 11.2 Å². The first-order chi connectivity index (χ1) is 14.6. The minimum Gasteiger partial charge on any atom is -0.394 e. The van der Waals surface area contributed by atoms with Crippen LogP contribution in [0.1, 0.15) is 52.2 Å². The number of aliphatic hydroxyl groups is 2. The van der Waals surface area contributed by atoms with E-state index in [1.807, 2.05) is 0 Å². The van der Waals surface area contributed by atoms with Crippen LogP contribution in [-0.4, -0.2) is 67.6 Å². The molecular formula is C19H31N7O4. The maximum atomic E-state index is 12.5. The van der Waals surface area contributed by atoms with Gasteiger partial charge in [-0.05, 0) is 12.8 Å². The van der Waals surface area contributed by atoms with Crippen molar-refractivity contribution in [3.8, 4) is 0 Å². The van der Waals surface area contributed by atoms with Crippen LogP contribution in [0.4, 0.5) is 5.95 Å². The number of rotatable bonds is 9. The van der Waals surface area contributed by atoms with Gasteiger partial charge in [-0.1, -0.05) is 26.7 Å². The first kappa shape index (κ1) is 22.2. The van der Waals surface area contributed by atoms with Gasteiger partial charge < -0.3 is 20.3 Å². The molecule has 0 spiro atoms. The summed E-state index contributed by atoms with van der Waals surface area (Å²) < 4.78 is 7.29. The Kier molecular flexibility index (Phi) is 7.77. The first-order valence-electron chi connectivity index (χ1n) is 10.5. The smallest absolute Gasteiger partial charge is 0.280 e. The summed E-state index contributed by atoms with van der Waals surface area (Å²) >= 11 is 0. The van der Waals surface area contributed by atoms with Gasteiger partial charge in [-0.25, -0.2) is 4.98 Å². The zero-order valence-electron chi connectivity index (χ0n) is 17.5. The predicted octanol–water partition coefficient (Wildman–Crippen LogP) is 0.718. The molecule has 0 aromatic carbocycles. The van der Waals surface area contributed by atoms with Crippen LogP contribution in [0.2, 0.25) is 0 Å². The fourth-order valence-electron chi connectivity index (χ4n) is 3.23. The molecular weight excluding hydrogens is 390 g/mol. The number of aromatic amines is 1. The number of aliphatic imine (C=N–C) groups is 1. The summed E-state index contributed by atoms with van der Waals surface area (Å²) in [6.07, 6.45) is 3.75. The van der Waals surface area contributed by atoms with Crippen molar-refractivity contribution in [3.05, 3.63) is 16.7 Å². The van der Waals surface area contributed by atoms with Gasteiger partial charge in [-0.3, -0.25) is 24.7 Å². The largest absolute Gasteiger partial charge is 0.394 e. The van der Waals surface area contributed by atoms with Gasteiger partial charge in [0.25, 0.3) is 5.56 Å². The third-order valence-electron chi connectivity index (χ3n) is 4.97. The second-order valence-electron chi connectivity index (χ2n) is 7.34. The summed E-state index contributed by atoms with van der Waals surface area (Å²) in [5.74, 6) is 0.795. The summed E-state index contributed by atoms with van der Waals surface area (Å²) in [5, 5.41) is 25.7. The Morgan fingerprint density at radius 2 is 2.20 bits per heavy atom. The van der Waals surface area contributed by atoms with Crippen molar-refractivity contribution in [2.24, 2.45) is 4.99 Å². The van der Waals surface area contributed by atoms with Crippen LogP contribution in [0.3, 0.4) is 0 Å². The Hall–Kier alpha value is -2.50. The Balaban J connectivity index is 1.85. The molecule has 0 bridgehead atoms. The summed E-state index contributed by atoms with van der Waals surface area (Å²) in [4.78, 5) is 28.4. The molecule has 0 aliphatic carbocycles. The Morgan fingerprint density at radius 3 is 2.90 bits per heavy atom. The number of hydrogen-bond donors (Lipinski definition) is 5. The topological polar surface area (TPSA) is 150 Å². The number of aliphatic hydroxyl groups excluding tert-OH is 2. The second-order valence-corrected chi connectivity index (χ2v) is 7.34. The molecule has 3 heterocycles. The lowest BCUT2D eigenvalue weighted by atomic mass is 10.2. The van der Waals surface area contributed by atoms with E-state index in [9.17, 15) is 15.0 Å². The average Bonchev–Trinajstić information content (AvgIpc) is 3.31. The Bertz CT molecular complexity index is 910. The van der Waals surface area contributed by atoms with Gasteiger partial charge in [0.05, 0.1) is 19.0 Å². The monoisotopic (exact) mass is 421 g/mol. The van der Waals surface area contributed by atoms with Crippen molar-refractivity contribution in [2.45, 2.75) is 64.4 Å². The first-order valence-corrected chi connectivity index (χ1v) is 10.5. The highest BCUT2D eigenvalue weighted by Crippen LogP contribution is 2.30. The summed E-state index contributed by atoms with van der Waals surface area (Å²) in [7, 11) is 0. The van der Waals surface area contributed by atoms with E-state index >= 15 is 0 Å². The molecule has 3 rings (SSSR count). The molecule has 0 radical (unpaired) electrons. The van der Waals surface area contributed by atoms with Crippen LogP contribution in [0, 0.1) is 0 Å². The van der Waals surface area contributed by atoms with E-state index in [4.69, 9.17) is 4.74 Å². The van der Waals surface area contributed by atoms with E-state index < -0.39 is 18.4 Å². The maximum Gasteiger partial charge on any atom is 0.280 e. The van der Waals surface area contributed by atoms with Crippen molar-refractivity contribution in [1.29, 1.82) is 0 Å². The quantitative estimate of drug-likeness (QED) is 0.226. The number of nitrogens with one attached hydrogen (secondary N) is 3. The van der Waals surface area contributed by atoms with E-state index in [1.165, 1.54) is 6.33 Å². The molecule has 30 heavy (non-hydrogen) atoms. The normalized spacial score (nSPS) is 22.0. The van der Waals surface area contributed by atoms with Crippen molar-refractivity contribution < 1.29 is 14.9 Å². The van der Waals surface area contributed by atoms with Crippen LogP contribution < -0.4 is 16.2 Å². The van der Waals surface area contributed by atoms with E-state index in [-0.39, 0.29) is 30.1 Å². The number of guanidine groups is 1. The van der Waals surface area contributed by atoms with Gasteiger partial charge in [0.1, 0.15) is 12.3 Å². The van der Waals surface area contributed by atoms with Gasteiger partial charge in [0.2, 0.25) is 5.95 Å². The molecule has 2 aromatic rings. The van der Waals surface area contributed by atoms with E-state index in [0.717, 1.165) is 32.2 Å². The molecule has 1 fully saturated rings.